The maximum absolute atomic E-state index is 12.8. The van der Waals surface area contributed by atoms with Gasteiger partial charge in [0.2, 0.25) is 15.9 Å². The summed E-state index contributed by atoms with van der Waals surface area (Å²) in [6.45, 7) is 0. The Morgan fingerprint density at radius 2 is 1.71 bits per heavy atom. The molecule has 0 spiro atoms. The van der Waals surface area contributed by atoms with Gasteiger partial charge in [-0.15, -0.1) is 0 Å². The van der Waals surface area contributed by atoms with E-state index < -0.39 is 15.9 Å². The molecule has 0 unspecified atom stereocenters. The lowest BCUT2D eigenvalue weighted by Crippen LogP contribution is -2.41. The molecule has 0 atom stereocenters. The van der Waals surface area contributed by atoms with Crippen LogP contribution in [0, 0.1) is 0 Å². The lowest BCUT2D eigenvalue weighted by atomic mass is 9.92. The molecule has 0 heterocycles. The Hall–Kier alpha value is -0.230. The smallest absolute Gasteiger partial charge is 0.213 e. The van der Waals surface area contributed by atoms with Gasteiger partial charge in [-0.25, -0.2) is 21.5 Å². The molecule has 3 nitrogen and oxygen atoms in total. The van der Waals surface area contributed by atoms with Crippen LogP contribution in [0.3, 0.4) is 0 Å². The van der Waals surface area contributed by atoms with Crippen LogP contribution in [0.5, 0.6) is 0 Å². The van der Waals surface area contributed by atoms with Crippen LogP contribution in [0.4, 0.5) is 8.78 Å². The number of alkyl halides is 2. The van der Waals surface area contributed by atoms with Gasteiger partial charge in [0.15, 0.2) is 0 Å². The van der Waals surface area contributed by atoms with Crippen LogP contribution in [0.2, 0.25) is 0 Å². The first-order chi connectivity index (χ1) is 6.22. The molecular weight excluding hydrogens is 212 g/mol. The van der Waals surface area contributed by atoms with Crippen molar-refractivity contribution < 1.29 is 17.2 Å². The molecule has 0 N–H and O–H groups in total. The van der Waals surface area contributed by atoms with Crippen molar-refractivity contribution >= 4 is 10.0 Å². The van der Waals surface area contributed by atoms with E-state index in [1.54, 1.807) is 0 Å². The zero-order valence-corrected chi connectivity index (χ0v) is 9.15. The molecule has 0 aromatic carbocycles. The van der Waals surface area contributed by atoms with Crippen LogP contribution < -0.4 is 0 Å². The highest BCUT2D eigenvalue weighted by atomic mass is 32.2. The third kappa shape index (κ3) is 2.88. The average Bonchev–Trinajstić information content (AvgIpc) is 2.01. The summed E-state index contributed by atoms with van der Waals surface area (Å²) < 4.78 is 49.0. The van der Waals surface area contributed by atoms with E-state index in [9.17, 15) is 17.2 Å². The monoisotopic (exact) mass is 227 g/mol. The number of hydrogen-bond acceptors (Lipinski definition) is 2. The van der Waals surface area contributed by atoms with Gasteiger partial charge >= 0.3 is 0 Å². The minimum Gasteiger partial charge on any atom is -0.213 e. The van der Waals surface area contributed by atoms with Gasteiger partial charge in [0.05, 0.1) is 6.26 Å². The summed E-state index contributed by atoms with van der Waals surface area (Å²) in [7, 11) is -1.80. The molecule has 1 saturated carbocycles. The van der Waals surface area contributed by atoms with Crippen molar-refractivity contribution in [3.05, 3.63) is 0 Å². The summed E-state index contributed by atoms with van der Waals surface area (Å²) in [5.74, 6) is -2.60. The van der Waals surface area contributed by atoms with Crippen LogP contribution in [-0.2, 0) is 10.0 Å². The third-order valence-electron chi connectivity index (χ3n) is 2.72. The Balaban J connectivity index is 2.59. The fraction of sp³-hybridized carbons (Fsp3) is 1.00. The number of nitrogens with zero attached hydrogens (tertiary/aromatic N) is 1. The molecule has 1 rings (SSSR count). The second kappa shape index (κ2) is 3.73. The summed E-state index contributed by atoms with van der Waals surface area (Å²) in [5.41, 5.74) is 0. The zero-order valence-electron chi connectivity index (χ0n) is 8.33. The fourth-order valence-corrected chi connectivity index (χ4v) is 2.41. The maximum atomic E-state index is 12.8. The predicted molar refractivity (Wildman–Crippen MR) is 49.8 cm³/mol. The fourth-order valence-electron chi connectivity index (χ4n) is 1.66. The van der Waals surface area contributed by atoms with Gasteiger partial charge in [-0.1, -0.05) is 0 Å². The Labute approximate surface area is 83.1 Å². The Morgan fingerprint density at radius 3 is 2.07 bits per heavy atom. The summed E-state index contributed by atoms with van der Waals surface area (Å²) in [6.07, 6.45) is 1.17. The molecule has 0 radical (unpaired) electrons. The maximum Gasteiger partial charge on any atom is 0.248 e. The van der Waals surface area contributed by atoms with Gasteiger partial charge in [0.25, 0.3) is 0 Å². The van der Waals surface area contributed by atoms with Crippen molar-refractivity contribution in [1.82, 2.24) is 4.31 Å². The molecular formula is C8H15F2NO2S. The minimum absolute atomic E-state index is 0.211. The Kier molecular flexibility index (Phi) is 3.16. The van der Waals surface area contributed by atoms with Gasteiger partial charge in [0.1, 0.15) is 0 Å². The molecule has 1 fully saturated rings. The van der Waals surface area contributed by atoms with Crippen molar-refractivity contribution in [2.75, 3.05) is 13.3 Å². The average molecular weight is 227 g/mol. The Bertz CT molecular complexity index is 292. The van der Waals surface area contributed by atoms with Crippen molar-refractivity contribution in [3.8, 4) is 0 Å². The van der Waals surface area contributed by atoms with E-state index in [0.29, 0.717) is 0 Å². The first kappa shape index (κ1) is 11.8. The number of hydrogen-bond donors (Lipinski definition) is 0. The second-order valence-corrected chi connectivity index (χ2v) is 5.91. The van der Waals surface area contributed by atoms with Crippen molar-refractivity contribution in [3.63, 3.8) is 0 Å². The van der Waals surface area contributed by atoms with Crippen LogP contribution in [0.15, 0.2) is 0 Å². The van der Waals surface area contributed by atoms with E-state index in [4.69, 9.17) is 0 Å². The topological polar surface area (TPSA) is 37.4 Å². The highest BCUT2D eigenvalue weighted by Gasteiger charge is 2.37. The molecule has 84 valence electrons. The van der Waals surface area contributed by atoms with E-state index in [-0.39, 0.29) is 31.7 Å². The standard InChI is InChI=1S/C8H15F2NO2S/c1-11(14(2,12)13)7-3-5-8(9,10)6-4-7/h7H,3-6H2,1-2H3. The van der Waals surface area contributed by atoms with Crippen molar-refractivity contribution in [1.29, 1.82) is 0 Å². The first-order valence-electron chi connectivity index (χ1n) is 4.53. The van der Waals surface area contributed by atoms with Gasteiger partial charge in [-0.3, -0.25) is 0 Å². The molecule has 0 amide bonds. The molecule has 0 saturated heterocycles. The van der Waals surface area contributed by atoms with E-state index >= 15 is 0 Å². The molecule has 14 heavy (non-hydrogen) atoms. The summed E-state index contributed by atoms with van der Waals surface area (Å²) >= 11 is 0. The highest BCUT2D eigenvalue weighted by Crippen LogP contribution is 2.35. The lowest BCUT2D eigenvalue weighted by Gasteiger charge is -2.33. The van der Waals surface area contributed by atoms with Gasteiger partial charge in [0, 0.05) is 25.9 Å². The van der Waals surface area contributed by atoms with E-state index in [1.165, 1.54) is 11.4 Å². The molecule has 1 aliphatic carbocycles. The molecule has 0 aromatic rings. The summed E-state index contributed by atoms with van der Waals surface area (Å²) in [4.78, 5) is 0. The van der Waals surface area contributed by atoms with Gasteiger partial charge in [-0.05, 0) is 12.8 Å². The normalized spacial score (nSPS) is 24.1. The SMILES string of the molecule is CN(C1CCC(F)(F)CC1)S(C)(=O)=O. The van der Waals surface area contributed by atoms with Crippen molar-refractivity contribution in [2.24, 2.45) is 0 Å². The highest BCUT2D eigenvalue weighted by molar-refractivity contribution is 7.88. The molecule has 0 bridgehead atoms. The summed E-state index contributed by atoms with van der Waals surface area (Å²) in [5, 5.41) is 0. The van der Waals surface area contributed by atoms with Crippen LogP contribution in [-0.4, -0.2) is 38.0 Å². The largest absolute Gasteiger partial charge is 0.248 e. The first-order valence-corrected chi connectivity index (χ1v) is 6.38. The van der Waals surface area contributed by atoms with Crippen LogP contribution in [0.25, 0.3) is 0 Å². The minimum atomic E-state index is -3.25. The number of sulfonamides is 1. The molecule has 0 aliphatic heterocycles. The molecule has 1 aliphatic rings. The van der Waals surface area contributed by atoms with Crippen LogP contribution in [0.1, 0.15) is 25.7 Å². The lowest BCUT2D eigenvalue weighted by molar-refractivity contribution is -0.0453. The number of halogens is 2. The molecule has 6 heteroatoms. The zero-order chi connectivity index (χ0) is 11.0. The number of rotatable bonds is 2. The van der Waals surface area contributed by atoms with Crippen molar-refractivity contribution in [2.45, 2.75) is 37.6 Å². The summed E-state index contributed by atoms with van der Waals surface area (Å²) in [6, 6.07) is -0.260. The van der Waals surface area contributed by atoms with Crippen LogP contribution >= 0.6 is 0 Å². The van der Waals surface area contributed by atoms with E-state index in [1.807, 2.05) is 0 Å². The third-order valence-corrected chi connectivity index (χ3v) is 4.07. The van der Waals surface area contributed by atoms with Gasteiger partial charge in [-0.2, -0.15) is 0 Å². The predicted octanol–water partition coefficient (Wildman–Crippen LogP) is 1.46. The van der Waals surface area contributed by atoms with E-state index in [0.717, 1.165) is 6.26 Å². The van der Waals surface area contributed by atoms with E-state index in [2.05, 4.69) is 0 Å². The van der Waals surface area contributed by atoms with Gasteiger partial charge < -0.3 is 0 Å². The second-order valence-electron chi connectivity index (χ2n) is 3.87. The quantitative estimate of drug-likeness (QED) is 0.716. The Morgan fingerprint density at radius 1 is 1.29 bits per heavy atom. The molecule has 0 aromatic heterocycles.